The summed E-state index contributed by atoms with van der Waals surface area (Å²) in [5.41, 5.74) is 0. The minimum Gasteiger partial charge on any atom is -0.350 e. The molecule has 25 heavy (non-hydrogen) atoms. The zero-order valence-corrected chi connectivity index (χ0v) is 16.6. The van der Waals surface area contributed by atoms with Crippen LogP contribution in [0, 0.1) is 0 Å². The molecule has 0 saturated carbocycles. The summed E-state index contributed by atoms with van der Waals surface area (Å²) in [6, 6.07) is -0.698. The molecule has 0 fully saturated rings. The van der Waals surface area contributed by atoms with Gasteiger partial charge in [-0.25, -0.2) is 4.98 Å². The second-order valence-electron chi connectivity index (χ2n) is 5.17. The van der Waals surface area contributed by atoms with Crippen LogP contribution in [0.4, 0.5) is 5.13 Å². The molecule has 0 aromatic carbocycles. The minimum absolute atomic E-state index is 0.145. The van der Waals surface area contributed by atoms with Crippen molar-refractivity contribution >= 4 is 63.3 Å². The average Bonchev–Trinajstić information content (AvgIpc) is 2.88. The van der Waals surface area contributed by atoms with E-state index in [-0.39, 0.29) is 18.4 Å². The van der Waals surface area contributed by atoms with Gasteiger partial charge in [0.2, 0.25) is 18.2 Å². The predicted molar refractivity (Wildman–Crippen MR) is 104 cm³/mol. The van der Waals surface area contributed by atoms with Crippen molar-refractivity contribution in [2.45, 2.75) is 26.3 Å². The van der Waals surface area contributed by atoms with Crippen LogP contribution in [0.15, 0.2) is 11.1 Å². The van der Waals surface area contributed by atoms with Crippen molar-refractivity contribution in [3.05, 3.63) is 20.9 Å². The molecule has 9 heteroatoms. The largest absolute Gasteiger partial charge is 0.350 e. The van der Waals surface area contributed by atoms with Crippen LogP contribution in [0.3, 0.4) is 0 Å². The highest BCUT2D eigenvalue weighted by Crippen LogP contribution is 2.09. The van der Waals surface area contributed by atoms with Gasteiger partial charge in [0.15, 0.2) is 5.13 Å². The summed E-state index contributed by atoms with van der Waals surface area (Å²) in [5, 5.41) is 5.96. The van der Waals surface area contributed by atoms with E-state index in [0.29, 0.717) is 34.3 Å². The summed E-state index contributed by atoms with van der Waals surface area (Å²) in [5.74, 6) is -0.677. The normalized spacial score (nSPS) is 12.4. The number of nitrogens with zero attached hydrogens (tertiary/aromatic N) is 2. The van der Waals surface area contributed by atoms with E-state index < -0.39 is 6.04 Å². The topological polar surface area (TPSA) is 91.4 Å². The molecule has 0 aliphatic carbocycles. The van der Waals surface area contributed by atoms with Crippen molar-refractivity contribution in [3.8, 4) is 0 Å². The average molecular weight is 429 g/mol. The Morgan fingerprint density at radius 2 is 2.16 bits per heavy atom. The fraction of sp³-hybridized carbons (Fsp3) is 0.375. The Morgan fingerprint density at radius 3 is 2.72 bits per heavy atom. The quantitative estimate of drug-likeness (QED) is 0.561. The van der Waals surface area contributed by atoms with Gasteiger partial charge in [-0.1, -0.05) is 47.3 Å². The van der Waals surface area contributed by atoms with Crippen LogP contribution in [0.1, 0.15) is 20.3 Å². The van der Waals surface area contributed by atoms with E-state index in [2.05, 4.69) is 44.7 Å². The molecule has 0 radical (unpaired) electrons. The van der Waals surface area contributed by atoms with Crippen LogP contribution >= 0.6 is 27.3 Å². The number of hydrogen-bond donors (Lipinski definition) is 2. The molecule has 0 bridgehead atoms. The molecule has 1 aromatic heterocycles. The maximum absolute atomic E-state index is 12.5. The van der Waals surface area contributed by atoms with Gasteiger partial charge in [0.25, 0.3) is 0 Å². The number of rotatable bonds is 9. The van der Waals surface area contributed by atoms with Crippen molar-refractivity contribution < 1.29 is 14.4 Å². The molecule has 0 saturated heterocycles. The Labute approximate surface area is 158 Å². The second kappa shape index (κ2) is 10.1. The van der Waals surface area contributed by atoms with E-state index in [0.717, 1.165) is 4.53 Å². The third kappa shape index (κ3) is 6.43. The summed E-state index contributed by atoms with van der Waals surface area (Å²) in [6.45, 7) is 11.4. The smallest absolute Gasteiger partial charge is 0.248 e. The van der Waals surface area contributed by atoms with Gasteiger partial charge in [0, 0.05) is 11.0 Å². The monoisotopic (exact) mass is 428 g/mol. The zero-order chi connectivity index (χ0) is 19.0. The van der Waals surface area contributed by atoms with Gasteiger partial charge in [-0.05, 0) is 19.4 Å². The van der Waals surface area contributed by atoms with Crippen molar-refractivity contribution in [1.82, 2.24) is 15.2 Å². The summed E-state index contributed by atoms with van der Waals surface area (Å²) in [7, 11) is 0. The number of thiazole rings is 1. The lowest BCUT2D eigenvalue weighted by Gasteiger charge is -2.27. The Bertz CT molecular complexity index is 762. The Hall–Kier alpha value is -2.00. The fourth-order valence-electron chi connectivity index (χ4n) is 2.03. The van der Waals surface area contributed by atoms with Crippen molar-refractivity contribution in [3.63, 3.8) is 0 Å². The number of halogens is 1. The van der Waals surface area contributed by atoms with Gasteiger partial charge in [-0.2, -0.15) is 0 Å². The molecule has 1 atom stereocenters. The van der Waals surface area contributed by atoms with Crippen molar-refractivity contribution in [2.75, 3.05) is 18.4 Å². The second-order valence-corrected chi connectivity index (χ2v) is 7.22. The first-order valence-electron chi connectivity index (χ1n) is 7.59. The predicted octanol–water partition coefficient (Wildman–Crippen LogP) is 0.554. The first-order valence-corrected chi connectivity index (χ1v) is 9.20. The van der Waals surface area contributed by atoms with Gasteiger partial charge in [-0.15, -0.1) is 0 Å². The van der Waals surface area contributed by atoms with Crippen molar-refractivity contribution in [1.29, 1.82) is 0 Å². The van der Waals surface area contributed by atoms with Crippen LogP contribution < -0.4 is 20.5 Å². The Morgan fingerprint density at radius 1 is 1.48 bits per heavy atom. The Kier molecular flexibility index (Phi) is 8.50. The molecule has 1 heterocycles. The summed E-state index contributed by atoms with van der Waals surface area (Å²) >= 11 is 4.51. The van der Waals surface area contributed by atoms with Crippen LogP contribution in [-0.4, -0.2) is 47.2 Å². The molecule has 136 valence electrons. The highest BCUT2D eigenvalue weighted by atomic mass is 79.9. The molecule has 0 aliphatic heterocycles. The molecule has 1 aromatic rings. The SMILES string of the molecule is C=C(Br)/C=c1/sc(NC(=O)C(C)N(CCC)C(=O)CNC=O)nc1=C. The lowest BCUT2D eigenvalue weighted by atomic mass is 10.2. The number of anilines is 1. The zero-order valence-electron chi connectivity index (χ0n) is 14.2. The maximum Gasteiger partial charge on any atom is 0.248 e. The molecule has 0 aliphatic rings. The third-order valence-electron chi connectivity index (χ3n) is 3.21. The molecule has 1 unspecified atom stereocenters. The van der Waals surface area contributed by atoms with E-state index in [1.165, 1.54) is 16.2 Å². The van der Waals surface area contributed by atoms with Crippen LogP contribution in [-0.2, 0) is 14.4 Å². The minimum atomic E-state index is -0.698. The number of carbonyl (C=O) groups excluding carboxylic acids is 3. The highest BCUT2D eigenvalue weighted by molar-refractivity contribution is 9.12. The number of hydrogen-bond acceptors (Lipinski definition) is 5. The van der Waals surface area contributed by atoms with Gasteiger partial charge in [-0.3, -0.25) is 14.4 Å². The van der Waals surface area contributed by atoms with Crippen LogP contribution in [0.25, 0.3) is 12.7 Å². The molecule has 2 N–H and O–H groups in total. The van der Waals surface area contributed by atoms with E-state index in [1.54, 1.807) is 13.0 Å². The maximum atomic E-state index is 12.5. The van der Waals surface area contributed by atoms with Crippen LogP contribution in [0.2, 0.25) is 0 Å². The number of nitrogens with one attached hydrogen (secondary N) is 2. The van der Waals surface area contributed by atoms with E-state index in [1.807, 2.05) is 6.92 Å². The van der Waals surface area contributed by atoms with E-state index in [9.17, 15) is 14.4 Å². The number of amides is 3. The summed E-state index contributed by atoms with van der Waals surface area (Å²) in [6.07, 6.45) is 2.90. The lowest BCUT2D eigenvalue weighted by Crippen LogP contribution is -2.48. The highest BCUT2D eigenvalue weighted by Gasteiger charge is 2.25. The molecule has 0 spiro atoms. The van der Waals surface area contributed by atoms with Gasteiger partial charge >= 0.3 is 0 Å². The Balaban J connectivity index is 2.89. The standard InChI is InChI=1S/C16H21BrN4O3S/c1-5-6-21(14(23)8-18-9-22)12(4)15(24)20-16-19-11(3)13(25-16)7-10(2)17/h7,9,12H,2-3,5-6,8H2,1,4H3,(H,18,22)(H,19,20,24)/b13-7+. The molecule has 3 amide bonds. The third-order valence-corrected chi connectivity index (χ3v) is 4.40. The van der Waals surface area contributed by atoms with E-state index >= 15 is 0 Å². The van der Waals surface area contributed by atoms with Crippen LogP contribution in [0.5, 0.6) is 0 Å². The van der Waals surface area contributed by atoms with Gasteiger partial charge in [0.05, 0.1) is 16.4 Å². The van der Waals surface area contributed by atoms with Gasteiger partial charge < -0.3 is 15.5 Å². The summed E-state index contributed by atoms with van der Waals surface area (Å²) < 4.78 is 1.45. The lowest BCUT2D eigenvalue weighted by molar-refractivity contribution is -0.137. The fourth-order valence-corrected chi connectivity index (χ4v) is 3.29. The first kappa shape index (κ1) is 21.0. The van der Waals surface area contributed by atoms with Crippen molar-refractivity contribution in [2.24, 2.45) is 0 Å². The molecule has 7 nitrogen and oxygen atoms in total. The molecular weight excluding hydrogens is 408 g/mol. The first-order chi connectivity index (χ1) is 11.8. The molecular formula is C16H21BrN4O3S. The summed E-state index contributed by atoms with van der Waals surface area (Å²) in [4.78, 5) is 40.6. The number of carbonyl (C=O) groups is 3. The van der Waals surface area contributed by atoms with Gasteiger partial charge in [0.1, 0.15) is 6.04 Å². The number of aromatic nitrogens is 1. The molecule has 1 rings (SSSR count). The number of allylic oxidation sites excluding steroid dienone is 1. The van der Waals surface area contributed by atoms with E-state index in [4.69, 9.17) is 0 Å².